The van der Waals surface area contributed by atoms with E-state index in [1.165, 1.54) is 11.3 Å². The van der Waals surface area contributed by atoms with Crippen molar-refractivity contribution in [3.8, 4) is 0 Å². The van der Waals surface area contributed by atoms with Gasteiger partial charge in [-0.1, -0.05) is 30.4 Å². The van der Waals surface area contributed by atoms with Gasteiger partial charge in [0.15, 0.2) is 5.13 Å². The van der Waals surface area contributed by atoms with E-state index in [4.69, 9.17) is 0 Å². The highest BCUT2D eigenvalue weighted by Gasteiger charge is 2.20. The van der Waals surface area contributed by atoms with E-state index < -0.39 is 10.0 Å². The van der Waals surface area contributed by atoms with Crippen molar-refractivity contribution in [1.82, 2.24) is 10.3 Å². The second-order valence-electron chi connectivity index (χ2n) is 4.60. The summed E-state index contributed by atoms with van der Waals surface area (Å²) in [6.07, 6.45) is 0.889. The van der Waals surface area contributed by atoms with Gasteiger partial charge in [0.05, 0.1) is 10.6 Å². The molecule has 1 aliphatic rings. The molecule has 3 rings (SSSR count). The van der Waals surface area contributed by atoms with Crippen LogP contribution in [0, 0.1) is 0 Å². The van der Waals surface area contributed by atoms with Crippen LogP contribution in [-0.2, 0) is 29.5 Å². The molecule has 0 bridgehead atoms. The maximum Gasteiger partial charge on any atom is 0.263 e. The van der Waals surface area contributed by atoms with Crippen molar-refractivity contribution < 1.29 is 8.42 Å². The molecule has 0 fully saturated rings. The number of nitrogens with one attached hydrogen (secondary N) is 2. The number of aromatic nitrogens is 1. The van der Waals surface area contributed by atoms with Gasteiger partial charge in [0.1, 0.15) is 0 Å². The molecule has 106 valence electrons. The normalized spacial score (nSPS) is 14.2. The Morgan fingerprint density at radius 1 is 1.30 bits per heavy atom. The quantitative estimate of drug-likeness (QED) is 0.907. The van der Waals surface area contributed by atoms with Crippen molar-refractivity contribution in [3.63, 3.8) is 0 Å². The summed E-state index contributed by atoms with van der Waals surface area (Å²) >= 11 is 1.39. The highest BCUT2D eigenvalue weighted by atomic mass is 32.2. The Labute approximate surface area is 122 Å². The fourth-order valence-electron chi connectivity index (χ4n) is 2.08. The molecule has 0 saturated heterocycles. The van der Waals surface area contributed by atoms with Crippen molar-refractivity contribution in [2.24, 2.45) is 0 Å². The Morgan fingerprint density at radius 3 is 2.70 bits per heavy atom. The van der Waals surface area contributed by atoms with Crippen molar-refractivity contribution in [2.75, 3.05) is 4.72 Å². The van der Waals surface area contributed by atoms with Crippen LogP contribution in [0.15, 0.2) is 29.2 Å². The summed E-state index contributed by atoms with van der Waals surface area (Å²) in [5.41, 5.74) is 2.05. The van der Waals surface area contributed by atoms with Gasteiger partial charge in [-0.2, -0.15) is 0 Å². The van der Waals surface area contributed by atoms with Crippen LogP contribution in [0.2, 0.25) is 0 Å². The topological polar surface area (TPSA) is 71.1 Å². The smallest absolute Gasteiger partial charge is 0.263 e. The van der Waals surface area contributed by atoms with E-state index in [-0.39, 0.29) is 4.90 Å². The van der Waals surface area contributed by atoms with Crippen molar-refractivity contribution in [3.05, 3.63) is 40.4 Å². The van der Waals surface area contributed by atoms with E-state index in [0.29, 0.717) is 11.7 Å². The van der Waals surface area contributed by atoms with Crippen LogP contribution in [0.1, 0.15) is 23.1 Å². The zero-order valence-corrected chi connectivity index (χ0v) is 12.6. The fourth-order valence-corrected chi connectivity index (χ4v) is 4.26. The van der Waals surface area contributed by atoms with Gasteiger partial charge >= 0.3 is 0 Å². The number of benzene rings is 1. The van der Waals surface area contributed by atoms with Gasteiger partial charge < -0.3 is 5.32 Å². The van der Waals surface area contributed by atoms with Crippen LogP contribution < -0.4 is 10.0 Å². The van der Waals surface area contributed by atoms with Crippen molar-refractivity contribution >= 4 is 26.5 Å². The minimum absolute atomic E-state index is 0.267. The van der Waals surface area contributed by atoms with Gasteiger partial charge in [-0.15, -0.1) is 0 Å². The molecule has 0 spiro atoms. The zero-order valence-electron chi connectivity index (χ0n) is 11.0. The molecular formula is C13H15N3O2S2. The minimum atomic E-state index is -3.55. The minimum Gasteiger partial charge on any atom is -0.306 e. The summed E-state index contributed by atoms with van der Waals surface area (Å²) in [7, 11) is -3.55. The lowest BCUT2D eigenvalue weighted by Crippen LogP contribution is -2.13. The first-order valence-electron chi connectivity index (χ1n) is 6.39. The maximum atomic E-state index is 12.3. The number of thiazole rings is 1. The van der Waals surface area contributed by atoms with Crippen LogP contribution in [-0.4, -0.2) is 13.4 Å². The third-order valence-corrected chi connectivity index (χ3v) is 5.72. The number of fused-ring (bicyclic) bond motifs is 1. The van der Waals surface area contributed by atoms with Crippen LogP contribution in [0.25, 0.3) is 0 Å². The molecule has 2 aromatic rings. The Morgan fingerprint density at radius 2 is 2.05 bits per heavy atom. The summed E-state index contributed by atoms with van der Waals surface area (Å²) in [5.74, 6) is 0. The molecule has 0 aliphatic carbocycles. The van der Waals surface area contributed by atoms with Crippen molar-refractivity contribution in [1.29, 1.82) is 0 Å². The van der Waals surface area contributed by atoms with Gasteiger partial charge in [-0.05, 0) is 24.1 Å². The molecule has 0 saturated carbocycles. The number of hydrogen-bond donors (Lipinski definition) is 2. The third-order valence-electron chi connectivity index (χ3n) is 3.22. The average Bonchev–Trinajstić information content (AvgIpc) is 2.99. The van der Waals surface area contributed by atoms with Gasteiger partial charge in [-0.3, -0.25) is 4.72 Å². The van der Waals surface area contributed by atoms with Crippen LogP contribution in [0.5, 0.6) is 0 Å². The van der Waals surface area contributed by atoms with Crippen molar-refractivity contribution in [2.45, 2.75) is 31.3 Å². The molecule has 2 heterocycles. The van der Waals surface area contributed by atoms with Gasteiger partial charge in [0, 0.05) is 18.0 Å². The number of anilines is 1. The van der Waals surface area contributed by atoms with Crippen LogP contribution in [0.4, 0.5) is 5.13 Å². The lowest BCUT2D eigenvalue weighted by atomic mass is 10.2. The molecule has 5 nitrogen and oxygen atoms in total. The largest absolute Gasteiger partial charge is 0.306 e. The number of sulfonamides is 1. The summed E-state index contributed by atoms with van der Waals surface area (Å²) in [6.45, 7) is 3.51. The second kappa shape index (κ2) is 5.16. The Bertz CT molecular complexity index is 699. The molecule has 7 heteroatoms. The standard InChI is InChI=1S/C13H15N3O2S2/c1-2-9-3-5-10(6-4-9)20(17,18)16-13-15-11-7-14-8-12(11)19-13/h3-6,14H,2,7-8H2,1H3,(H,15,16). The lowest BCUT2D eigenvalue weighted by Gasteiger charge is -2.06. The average molecular weight is 309 g/mol. The molecule has 0 unspecified atom stereocenters. The molecule has 2 N–H and O–H groups in total. The second-order valence-corrected chi connectivity index (χ2v) is 7.36. The monoisotopic (exact) mass is 309 g/mol. The molecule has 1 aromatic heterocycles. The summed E-state index contributed by atoms with van der Waals surface area (Å²) < 4.78 is 27.1. The Hall–Kier alpha value is -1.44. The third kappa shape index (κ3) is 2.56. The van der Waals surface area contributed by atoms with E-state index in [1.54, 1.807) is 12.1 Å². The molecule has 0 atom stereocenters. The van der Waals surface area contributed by atoms with E-state index in [2.05, 4.69) is 15.0 Å². The first-order valence-corrected chi connectivity index (χ1v) is 8.69. The molecule has 0 radical (unpaired) electrons. The van der Waals surface area contributed by atoms with Gasteiger partial charge in [-0.25, -0.2) is 13.4 Å². The summed E-state index contributed by atoms with van der Waals surface area (Å²) in [6, 6.07) is 6.93. The van der Waals surface area contributed by atoms with E-state index >= 15 is 0 Å². The molecule has 1 aliphatic heterocycles. The summed E-state index contributed by atoms with van der Waals surface area (Å²) in [5, 5.41) is 3.61. The predicted octanol–water partition coefficient (Wildman–Crippen LogP) is 2.11. The zero-order chi connectivity index (χ0) is 14.2. The maximum absolute atomic E-state index is 12.3. The molecule has 0 amide bonds. The Kier molecular flexibility index (Phi) is 3.49. The van der Waals surface area contributed by atoms with Crippen LogP contribution in [0.3, 0.4) is 0 Å². The van der Waals surface area contributed by atoms with Crippen LogP contribution >= 0.6 is 11.3 Å². The van der Waals surface area contributed by atoms with Gasteiger partial charge in [0.25, 0.3) is 10.0 Å². The van der Waals surface area contributed by atoms with E-state index in [0.717, 1.165) is 29.1 Å². The van der Waals surface area contributed by atoms with Gasteiger partial charge in [0.2, 0.25) is 0 Å². The number of hydrogen-bond acceptors (Lipinski definition) is 5. The molecule has 20 heavy (non-hydrogen) atoms. The predicted molar refractivity (Wildman–Crippen MR) is 79.3 cm³/mol. The fraction of sp³-hybridized carbons (Fsp3) is 0.308. The van der Waals surface area contributed by atoms with E-state index in [9.17, 15) is 8.42 Å². The molecule has 1 aromatic carbocycles. The SMILES string of the molecule is CCc1ccc(S(=O)(=O)Nc2nc3c(s2)CNC3)cc1. The van der Waals surface area contributed by atoms with E-state index in [1.807, 2.05) is 19.1 Å². The number of aryl methyl sites for hydroxylation is 1. The highest BCUT2D eigenvalue weighted by Crippen LogP contribution is 2.28. The number of nitrogens with zero attached hydrogens (tertiary/aromatic N) is 1. The Balaban J connectivity index is 1.83. The molecular weight excluding hydrogens is 294 g/mol. The number of rotatable bonds is 4. The first-order chi connectivity index (χ1) is 9.58. The summed E-state index contributed by atoms with van der Waals surface area (Å²) in [4.78, 5) is 5.67. The highest BCUT2D eigenvalue weighted by molar-refractivity contribution is 7.93. The lowest BCUT2D eigenvalue weighted by molar-refractivity contribution is 0.601. The first kappa shape index (κ1) is 13.5.